The average molecular weight is 504 g/mol. The van der Waals surface area contributed by atoms with Crippen LogP contribution >= 0.6 is 0 Å². The number of hydrogen-bond donors (Lipinski definition) is 2. The summed E-state index contributed by atoms with van der Waals surface area (Å²) in [6.45, 7) is 1.73. The van der Waals surface area contributed by atoms with Gasteiger partial charge in [-0.05, 0) is 56.2 Å². The molecule has 0 atom stereocenters. The van der Waals surface area contributed by atoms with Gasteiger partial charge in [-0.1, -0.05) is 38.2 Å². The molecule has 1 aromatic carbocycles. The summed E-state index contributed by atoms with van der Waals surface area (Å²) in [6, 6.07) is 6.50. The Kier molecular flexibility index (Phi) is 6.39. The number of hydrogen-bond acceptors (Lipinski definition) is 6. The predicted molar refractivity (Wildman–Crippen MR) is 141 cm³/mol. The third kappa shape index (κ3) is 4.96. The average Bonchev–Trinajstić information content (AvgIpc) is 3.68. The van der Waals surface area contributed by atoms with Crippen molar-refractivity contribution in [3.63, 3.8) is 0 Å². The molecule has 4 aliphatic rings. The van der Waals surface area contributed by atoms with Crippen LogP contribution in [-0.2, 0) is 11.2 Å². The van der Waals surface area contributed by atoms with Crippen molar-refractivity contribution in [3.05, 3.63) is 41.9 Å². The zero-order valence-electron chi connectivity index (χ0n) is 21.5. The van der Waals surface area contributed by atoms with Crippen LogP contribution in [0.4, 0.5) is 5.69 Å². The molecular weight excluding hydrogens is 466 g/mol. The quantitative estimate of drug-likeness (QED) is 0.661. The number of rotatable bonds is 3. The minimum absolute atomic E-state index is 0.171. The molecule has 1 spiro atoms. The van der Waals surface area contributed by atoms with Crippen molar-refractivity contribution in [1.82, 2.24) is 19.8 Å². The van der Waals surface area contributed by atoms with Gasteiger partial charge in [-0.3, -0.25) is 14.6 Å². The summed E-state index contributed by atoms with van der Waals surface area (Å²) in [5.41, 5.74) is 3.78. The van der Waals surface area contributed by atoms with Gasteiger partial charge in [0.05, 0.1) is 18.1 Å². The molecule has 37 heavy (non-hydrogen) atoms. The number of carbonyl (C=O) groups excluding carboxylic acids is 2. The fraction of sp³-hybridized carbons (Fsp3) is 0.586. The Balaban J connectivity index is 1.09. The van der Waals surface area contributed by atoms with E-state index in [0.29, 0.717) is 44.7 Å². The van der Waals surface area contributed by atoms with E-state index in [9.17, 15) is 14.7 Å². The third-order valence-corrected chi connectivity index (χ3v) is 8.83. The number of aliphatic hydroxyl groups is 1. The molecule has 2 aliphatic heterocycles. The highest BCUT2D eigenvalue weighted by Gasteiger charge is 2.50. The van der Waals surface area contributed by atoms with E-state index in [4.69, 9.17) is 0 Å². The highest BCUT2D eigenvalue weighted by atomic mass is 16.3. The molecule has 0 radical (unpaired) electrons. The summed E-state index contributed by atoms with van der Waals surface area (Å²) < 4.78 is 0. The monoisotopic (exact) mass is 503 g/mol. The Morgan fingerprint density at radius 2 is 1.54 bits per heavy atom. The number of amides is 2. The lowest BCUT2D eigenvalue weighted by molar-refractivity contribution is -0.143. The van der Waals surface area contributed by atoms with Crippen molar-refractivity contribution in [2.75, 3.05) is 31.5 Å². The van der Waals surface area contributed by atoms with Gasteiger partial charge in [0, 0.05) is 43.0 Å². The second-order valence-electron chi connectivity index (χ2n) is 11.4. The van der Waals surface area contributed by atoms with Crippen LogP contribution < -0.4 is 5.32 Å². The zero-order valence-corrected chi connectivity index (χ0v) is 21.5. The number of benzene rings is 1. The summed E-state index contributed by atoms with van der Waals surface area (Å²) in [6.07, 6.45) is 15.8. The third-order valence-electron chi connectivity index (χ3n) is 8.83. The number of anilines is 1. The Morgan fingerprint density at radius 3 is 2.22 bits per heavy atom. The van der Waals surface area contributed by atoms with Gasteiger partial charge >= 0.3 is 0 Å². The standard InChI is InChI=1S/C29H37N5O3/c35-26(33-14-16-34(17-15-33)27(36)29(37)12-13-29)25-20-30-24(19-31-25)21-6-7-23-22(18-21)8-11-28(32-23)9-4-2-1-3-5-10-28/h6-7,18-20,32,37H,1-5,8-17H2. The number of carbonyl (C=O) groups is 2. The van der Waals surface area contributed by atoms with Crippen LogP contribution in [0.25, 0.3) is 11.3 Å². The van der Waals surface area contributed by atoms with Crippen molar-refractivity contribution in [3.8, 4) is 11.3 Å². The molecule has 3 heterocycles. The van der Waals surface area contributed by atoms with E-state index in [-0.39, 0.29) is 17.4 Å². The van der Waals surface area contributed by atoms with Crippen molar-refractivity contribution in [2.45, 2.75) is 81.8 Å². The molecule has 1 aromatic heterocycles. The van der Waals surface area contributed by atoms with Crippen LogP contribution in [0.5, 0.6) is 0 Å². The molecule has 3 fully saturated rings. The summed E-state index contributed by atoms with van der Waals surface area (Å²) in [7, 11) is 0. The minimum atomic E-state index is -1.16. The SMILES string of the molecule is O=C(c1cnc(-c2ccc3c(c2)CCC2(CCCCCCC2)N3)cn1)N1CCN(C(=O)C2(O)CC2)CC1. The molecule has 0 unspecified atom stereocenters. The molecular formula is C29H37N5O3. The van der Waals surface area contributed by atoms with E-state index < -0.39 is 5.60 Å². The van der Waals surface area contributed by atoms with E-state index >= 15 is 0 Å². The van der Waals surface area contributed by atoms with E-state index in [1.165, 1.54) is 62.6 Å². The fourth-order valence-electron chi connectivity index (χ4n) is 6.25. The molecule has 1 saturated heterocycles. The van der Waals surface area contributed by atoms with Crippen LogP contribution in [0.2, 0.25) is 0 Å². The number of nitrogens with zero attached hydrogens (tertiary/aromatic N) is 4. The summed E-state index contributed by atoms with van der Waals surface area (Å²) >= 11 is 0. The lowest BCUT2D eigenvalue weighted by Gasteiger charge is -2.41. The van der Waals surface area contributed by atoms with Gasteiger partial charge in [-0.25, -0.2) is 4.98 Å². The Hall–Kier alpha value is -3.00. The smallest absolute Gasteiger partial charge is 0.274 e. The van der Waals surface area contributed by atoms with Gasteiger partial charge < -0.3 is 20.2 Å². The molecule has 2 aromatic rings. The largest absolute Gasteiger partial charge is 0.380 e. The molecule has 2 N–H and O–H groups in total. The van der Waals surface area contributed by atoms with Crippen LogP contribution in [0, 0.1) is 0 Å². The molecule has 8 heteroatoms. The molecule has 2 amide bonds. The highest BCUT2D eigenvalue weighted by molar-refractivity contribution is 5.93. The van der Waals surface area contributed by atoms with E-state index in [1.807, 2.05) is 0 Å². The maximum atomic E-state index is 13.0. The Morgan fingerprint density at radius 1 is 0.838 bits per heavy atom. The first kappa shape index (κ1) is 24.3. The normalized spacial score (nSPS) is 22.4. The van der Waals surface area contributed by atoms with Crippen molar-refractivity contribution in [1.29, 1.82) is 0 Å². The van der Waals surface area contributed by atoms with Crippen LogP contribution in [0.15, 0.2) is 30.6 Å². The molecule has 8 nitrogen and oxygen atoms in total. The summed E-state index contributed by atoms with van der Waals surface area (Å²) in [4.78, 5) is 37.7. The molecule has 0 bridgehead atoms. The van der Waals surface area contributed by atoms with Gasteiger partial charge in [0.15, 0.2) is 0 Å². The maximum absolute atomic E-state index is 13.0. The van der Waals surface area contributed by atoms with Crippen LogP contribution in [0.3, 0.4) is 0 Å². The first-order valence-electron chi connectivity index (χ1n) is 14.0. The first-order chi connectivity index (χ1) is 17.9. The van der Waals surface area contributed by atoms with Crippen molar-refractivity contribution in [2.24, 2.45) is 0 Å². The second kappa shape index (κ2) is 9.71. The van der Waals surface area contributed by atoms with Gasteiger partial charge in [0.1, 0.15) is 11.3 Å². The van der Waals surface area contributed by atoms with Crippen molar-refractivity contribution >= 4 is 17.5 Å². The molecule has 196 valence electrons. The Bertz CT molecular complexity index is 1160. The van der Waals surface area contributed by atoms with E-state index in [1.54, 1.807) is 22.2 Å². The Labute approximate surface area is 218 Å². The predicted octanol–water partition coefficient (Wildman–Crippen LogP) is 3.79. The van der Waals surface area contributed by atoms with E-state index in [2.05, 4.69) is 33.5 Å². The lowest BCUT2D eigenvalue weighted by atomic mass is 9.77. The molecule has 6 rings (SSSR count). The second-order valence-corrected chi connectivity index (χ2v) is 11.4. The van der Waals surface area contributed by atoms with Gasteiger partial charge in [0.25, 0.3) is 11.8 Å². The molecule has 2 aliphatic carbocycles. The topological polar surface area (TPSA) is 98.7 Å². The number of aromatic nitrogens is 2. The fourth-order valence-corrected chi connectivity index (χ4v) is 6.25. The first-order valence-corrected chi connectivity index (χ1v) is 14.0. The zero-order chi connectivity index (χ0) is 25.5. The number of nitrogens with one attached hydrogen (secondary N) is 1. The number of piperazine rings is 1. The van der Waals surface area contributed by atoms with Gasteiger partial charge in [0.2, 0.25) is 0 Å². The number of fused-ring (bicyclic) bond motifs is 1. The summed E-state index contributed by atoms with van der Waals surface area (Å²) in [5.74, 6) is -0.376. The van der Waals surface area contributed by atoms with E-state index in [0.717, 1.165) is 17.7 Å². The lowest BCUT2D eigenvalue weighted by Crippen LogP contribution is -2.53. The number of aryl methyl sites for hydroxylation is 1. The van der Waals surface area contributed by atoms with Crippen LogP contribution in [0.1, 0.15) is 80.3 Å². The summed E-state index contributed by atoms with van der Waals surface area (Å²) in [5, 5.41) is 14.0. The van der Waals surface area contributed by atoms with Gasteiger partial charge in [-0.15, -0.1) is 0 Å². The highest BCUT2D eigenvalue weighted by Crippen LogP contribution is 2.40. The van der Waals surface area contributed by atoms with Crippen molar-refractivity contribution < 1.29 is 14.7 Å². The van der Waals surface area contributed by atoms with Crippen LogP contribution in [-0.4, -0.2) is 74.0 Å². The van der Waals surface area contributed by atoms with Gasteiger partial charge in [-0.2, -0.15) is 0 Å². The minimum Gasteiger partial charge on any atom is -0.380 e. The maximum Gasteiger partial charge on any atom is 0.274 e. The molecule has 2 saturated carbocycles.